The maximum Gasteiger partial charge on any atom is 0.409 e. The number of likely N-dealkylation sites (N-methyl/N-ethyl adjacent to an activating group) is 1. The van der Waals surface area contributed by atoms with Gasteiger partial charge in [0.05, 0.1) is 0 Å². The van der Waals surface area contributed by atoms with Gasteiger partial charge >= 0.3 is 6.09 Å². The highest BCUT2D eigenvalue weighted by Crippen LogP contribution is 2.02. The SMILES string of the molecule is CCCCN(CCCC)C(=O)OCCN(CC)CC. The van der Waals surface area contributed by atoms with Crippen LogP contribution in [-0.4, -0.2) is 55.2 Å². The maximum atomic E-state index is 12.0. The number of nitrogens with zero attached hydrogens (tertiary/aromatic N) is 2. The molecule has 0 aromatic heterocycles. The molecule has 114 valence electrons. The highest BCUT2D eigenvalue weighted by Gasteiger charge is 2.13. The first-order valence-electron chi connectivity index (χ1n) is 7.83. The summed E-state index contributed by atoms with van der Waals surface area (Å²) in [6, 6.07) is 0. The molecule has 0 saturated carbocycles. The lowest BCUT2D eigenvalue weighted by Gasteiger charge is -2.23. The van der Waals surface area contributed by atoms with Crippen LogP contribution in [0.5, 0.6) is 0 Å². The van der Waals surface area contributed by atoms with Crippen LogP contribution in [0.4, 0.5) is 4.79 Å². The molecule has 19 heavy (non-hydrogen) atoms. The van der Waals surface area contributed by atoms with E-state index in [0.717, 1.165) is 58.4 Å². The van der Waals surface area contributed by atoms with E-state index in [2.05, 4.69) is 32.6 Å². The summed E-state index contributed by atoms with van der Waals surface area (Å²) >= 11 is 0. The first-order valence-corrected chi connectivity index (χ1v) is 7.83. The summed E-state index contributed by atoms with van der Waals surface area (Å²) in [4.78, 5) is 16.1. The first kappa shape index (κ1) is 18.2. The third-order valence-corrected chi connectivity index (χ3v) is 3.35. The Balaban J connectivity index is 4.00. The highest BCUT2D eigenvalue weighted by molar-refractivity contribution is 5.67. The van der Waals surface area contributed by atoms with Gasteiger partial charge in [-0.3, -0.25) is 0 Å². The second-order valence-electron chi connectivity index (χ2n) is 4.84. The van der Waals surface area contributed by atoms with Crippen LogP contribution in [0.25, 0.3) is 0 Å². The predicted molar refractivity (Wildman–Crippen MR) is 80.5 cm³/mol. The summed E-state index contributed by atoms with van der Waals surface area (Å²) in [6.07, 6.45) is 4.17. The monoisotopic (exact) mass is 272 g/mol. The van der Waals surface area contributed by atoms with Crippen molar-refractivity contribution in [3.05, 3.63) is 0 Å². The largest absolute Gasteiger partial charge is 0.448 e. The molecule has 0 heterocycles. The van der Waals surface area contributed by atoms with E-state index in [9.17, 15) is 4.79 Å². The molecule has 0 spiro atoms. The average Bonchev–Trinajstić information content (AvgIpc) is 2.43. The zero-order valence-corrected chi connectivity index (χ0v) is 13.3. The minimum Gasteiger partial charge on any atom is -0.448 e. The van der Waals surface area contributed by atoms with Crippen LogP contribution in [0.1, 0.15) is 53.4 Å². The van der Waals surface area contributed by atoms with E-state index in [1.807, 2.05) is 4.90 Å². The molecule has 0 aromatic rings. The van der Waals surface area contributed by atoms with Gasteiger partial charge in [-0.2, -0.15) is 0 Å². The molecule has 0 radical (unpaired) electrons. The van der Waals surface area contributed by atoms with Crippen molar-refractivity contribution in [1.82, 2.24) is 9.80 Å². The normalized spacial score (nSPS) is 10.8. The Bertz CT molecular complexity index is 210. The van der Waals surface area contributed by atoms with Gasteiger partial charge in [-0.1, -0.05) is 40.5 Å². The Morgan fingerprint density at radius 3 is 1.84 bits per heavy atom. The van der Waals surface area contributed by atoms with Gasteiger partial charge in [-0.05, 0) is 25.9 Å². The van der Waals surface area contributed by atoms with Crippen LogP contribution in [0.3, 0.4) is 0 Å². The van der Waals surface area contributed by atoms with E-state index in [0.29, 0.717) is 6.61 Å². The molecular weight excluding hydrogens is 240 g/mol. The molecule has 0 unspecified atom stereocenters. The maximum absolute atomic E-state index is 12.0. The minimum absolute atomic E-state index is 0.144. The van der Waals surface area contributed by atoms with E-state index < -0.39 is 0 Å². The molecule has 0 N–H and O–H groups in total. The lowest BCUT2D eigenvalue weighted by Crippen LogP contribution is -2.35. The number of carbonyl (C=O) groups excluding carboxylic acids is 1. The average molecular weight is 272 g/mol. The van der Waals surface area contributed by atoms with Crippen molar-refractivity contribution in [3.8, 4) is 0 Å². The first-order chi connectivity index (χ1) is 9.19. The van der Waals surface area contributed by atoms with Gasteiger partial charge in [0.1, 0.15) is 6.61 Å². The lowest BCUT2D eigenvalue weighted by atomic mass is 10.3. The van der Waals surface area contributed by atoms with Crippen LogP contribution in [0.15, 0.2) is 0 Å². The lowest BCUT2D eigenvalue weighted by molar-refractivity contribution is 0.0907. The van der Waals surface area contributed by atoms with Gasteiger partial charge in [0.15, 0.2) is 0 Å². The summed E-state index contributed by atoms with van der Waals surface area (Å²) in [7, 11) is 0. The molecular formula is C15H32N2O2. The zero-order valence-electron chi connectivity index (χ0n) is 13.3. The second-order valence-corrected chi connectivity index (χ2v) is 4.84. The van der Waals surface area contributed by atoms with Crippen molar-refractivity contribution >= 4 is 6.09 Å². The summed E-state index contributed by atoms with van der Waals surface area (Å²) in [5, 5.41) is 0. The predicted octanol–water partition coefficient (Wildman–Crippen LogP) is 3.37. The van der Waals surface area contributed by atoms with Crippen LogP contribution < -0.4 is 0 Å². The molecule has 0 fully saturated rings. The van der Waals surface area contributed by atoms with Crippen molar-refractivity contribution in [2.45, 2.75) is 53.4 Å². The van der Waals surface area contributed by atoms with Gasteiger partial charge in [0, 0.05) is 19.6 Å². The van der Waals surface area contributed by atoms with Crippen LogP contribution in [0.2, 0.25) is 0 Å². The third kappa shape index (κ3) is 8.87. The Kier molecular flexibility index (Phi) is 11.8. The summed E-state index contributed by atoms with van der Waals surface area (Å²) in [5.41, 5.74) is 0. The molecule has 0 aromatic carbocycles. The summed E-state index contributed by atoms with van der Waals surface area (Å²) in [5.74, 6) is 0. The molecule has 0 bridgehead atoms. The molecule has 1 amide bonds. The van der Waals surface area contributed by atoms with E-state index >= 15 is 0 Å². The second kappa shape index (κ2) is 12.3. The minimum atomic E-state index is -0.144. The number of rotatable bonds is 11. The quantitative estimate of drug-likeness (QED) is 0.578. The Morgan fingerprint density at radius 2 is 1.42 bits per heavy atom. The number of carbonyl (C=O) groups is 1. The van der Waals surface area contributed by atoms with Gasteiger partial charge in [-0.25, -0.2) is 4.79 Å². The number of unbranched alkanes of at least 4 members (excludes halogenated alkanes) is 2. The fourth-order valence-electron chi connectivity index (χ4n) is 1.89. The number of amides is 1. The van der Waals surface area contributed by atoms with E-state index in [1.165, 1.54) is 0 Å². The smallest absolute Gasteiger partial charge is 0.409 e. The van der Waals surface area contributed by atoms with Gasteiger partial charge in [0.25, 0.3) is 0 Å². The van der Waals surface area contributed by atoms with Crippen molar-refractivity contribution in [2.24, 2.45) is 0 Å². The summed E-state index contributed by atoms with van der Waals surface area (Å²) in [6.45, 7) is 13.5. The topological polar surface area (TPSA) is 32.8 Å². The van der Waals surface area contributed by atoms with Crippen molar-refractivity contribution < 1.29 is 9.53 Å². The molecule has 0 atom stereocenters. The van der Waals surface area contributed by atoms with Crippen molar-refractivity contribution in [3.63, 3.8) is 0 Å². The number of ether oxygens (including phenoxy) is 1. The number of hydrogen-bond acceptors (Lipinski definition) is 3. The van der Waals surface area contributed by atoms with E-state index in [1.54, 1.807) is 0 Å². The van der Waals surface area contributed by atoms with E-state index in [4.69, 9.17) is 4.74 Å². The Labute approximate surface area is 119 Å². The Hall–Kier alpha value is -0.770. The van der Waals surface area contributed by atoms with Crippen molar-refractivity contribution in [2.75, 3.05) is 39.3 Å². The van der Waals surface area contributed by atoms with Crippen LogP contribution in [-0.2, 0) is 4.74 Å². The van der Waals surface area contributed by atoms with Gasteiger partial charge in [-0.15, -0.1) is 0 Å². The van der Waals surface area contributed by atoms with E-state index in [-0.39, 0.29) is 6.09 Å². The summed E-state index contributed by atoms with van der Waals surface area (Å²) < 4.78 is 5.38. The Morgan fingerprint density at radius 1 is 0.895 bits per heavy atom. The molecule has 0 aliphatic rings. The fourth-order valence-corrected chi connectivity index (χ4v) is 1.89. The third-order valence-electron chi connectivity index (χ3n) is 3.35. The number of hydrogen-bond donors (Lipinski definition) is 0. The molecule has 0 rings (SSSR count). The highest BCUT2D eigenvalue weighted by atomic mass is 16.6. The molecule has 4 nitrogen and oxygen atoms in total. The van der Waals surface area contributed by atoms with Crippen LogP contribution in [0, 0.1) is 0 Å². The molecule has 4 heteroatoms. The van der Waals surface area contributed by atoms with Crippen LogP contribution >= 0.6 is 0 Å². The van der Waals surface area contributed by atoms with Gasteiger partial charge in [0.2, 0.25) is 0 Å². The van der Waals surface area contributed by atoms with Crippen molar-refractivity contribution in [1.29, 1.82) is 0 Å². The standard InChI is InChI=1S/C15H32N2O2/c1-5-9-11-17(12-10-6-2)15(18)19-14-13-16(7-3)8-4/h5-14H2,1-4H3. The molecule has 0 aliphatic heterocycles. The van der Waals surface area contributed by atoms with Gasteiger partial charge < -0.3 is 14.5 Å². The zero-order chi connectivity index (χ0) is 14.5. The molecule has 0 saturated heterocycles. The fraction of sp³-hybridized carbons (Fsp3) is 0.933. The molecule has 0 aliphatic carbocycles.